The first-order chi connectivity index (χ1) is 22.5. The summed E-state index contributed by atoms with van der Waals surface area (Å²) in [6.45, 7) is 5.33. The molecular weight excluding hydrogens is 572 g/mol. The standard InChI is InChI=1S/C40H56N2O4/c1-3-4-13-23-42(36(44)17-12-7-5-6-9-14-28-15-10-8-11-16-28)32-21-20-31-33-25-30-34(43)26-35(45-2)38-37(30)40(31,39(32)46-38)22-24-41(33)27-29-18-19-29/h8,10-11,15-16,26,29,31-33,39,43H,3-7,9,12-14,17-25,27H2,1-2H3/t31-,32+,33+,39-,40-/m0/s1. The van der Waals surface area contributed by atoms with Gasteiger partial charge >= 0.3 is 0 Å². The zero-order valence-corrected chi connectivity index (χ0v) is 28.4. The number of methoxy groups -OCH3 is 1. The number of hydrogen-bond donors (Lipinski definition) is 1. The number of nitrogens with zero attached hydrogens (tertiary/aromatic N) is 2. The van der Waals surface area contributed by atoms with Gasteiger partial charge in [-0.2, -0.15) is 0 Å². The van der Waals surface area contributed by atoms with Crippen molar-refractivity contribution in [2.75, 3.05) is 26.7 Å². The quantitative estimate of drug-likeness (QED) is 0.192. The molecule has 250 valence electrons. The number of likely N-dealkylation sites (tertiary alicyclic amines) is 1. The number of phenolic OH excluding ortho intramolecular Hbond substituents is 1. The first kappa shape index (κ1) is 31.8. The first-order valence-electron chi connectivity index (χ1n) is 18.7. The van der Waals surface area contributed by atoms with E-state index in [1.807, 2.05) is 0 Å². The van der Waals surface area contributed by atoms with E-state index in [0.717, 1.165) is 94.5 Å². The Balaban J connectivity index is 1.08. The van der Waals surface area contributed by atoms with E-state index >= 15 is 0 Å². The summed E-state index contributed by atoms with van der Waals surface area (Å²) in [4.78, 5) is 19.2. The van der Waals surface area contributed by atoms with Gasteiger partial charge in [-0.1, -0.05) is 69.4 Å². The van der Waals surface area contributed by atoms with Gasteiger partial charge in [0.05, 0.1) is 13.2 Å². The number of benzene rings is 2. The predicted molar refractivity (Wildman–Crippen MR) is 183 cm³/mol. The number of rotatable bonds is 16. The Morgan fingerprint density at radius 3 is 2.63 bits per heavy atom. The van der Waals surface area contributed by atoms with Gasteiger partial charge in [0, 0.05) is 48.2 Å². The molecule has 1 saturated heterocycles. The van der Waals surface area contributed by atoms with Crippen LogP contribution in [0.15, 0.2) is 36.4 Å². The number of ether oxygens (including phenoxy) is 2. The second-order valence-electron chi connectivity index (χ2n) is 15.1. The van der Waals surface area contributed by atoms with Gasteiger partial charge in [-0.3, -0.25) is 9.69 Å². The number of aryl methyl sites for hydroxylation is 1. The Labute approximate surface area is 276 Å². The molecule has 6 nitrogen and oxygen atoms in total. The molecule has 2 heterocycles. The molecule has 46 heavy (non-hydrogen) atoms. The Morgan fingerprint density at radius 2 is 1.85 bits per heavy atom. The van der Waals surface area contributed by atoms with Gasteiger partial charge < -0.3 is 19.5 Å². The van der Waals surface area contributed by atoms with Crippen LogP contribution in [0.25, 0.3) is 0 Å². The van der Waals surface area contributed by atoms with Crippen molar-refractivity contribution in [3.63, 3.8) is 0 Å². The van der Waals surface area contributed by atoms with Crippen molar-refractivity contribution >= 4 is 5.91 Å². The predicted octanol–water partition coefficient (Wildman–Crippen LogP) is 7.82. The highest BCUT2D eigenvalue weighted by Crippen LogP contribution is 2.66. The van der Waals surface area contributed by atoms with Crippen molar-refractivity contribution in [2.45, 2.75) is 133 Å². The Bertz CT molecular complexity index is 1360. The Kier molecular flexibility index (Phi) is 9.54. The van der Waals surface area contributed by atoms with Crippen molar-refractivity contribution in [1.29, 1.82) is 0 Å². The molecule has 0 unspecified atom stereocenters. The van der Waals surface area contributed by atoms with Crippen LogP contribution in [0.5, 0.6) is 17.2 Å². The molecule has 1 spiro atoms. The number of hydrogen-bond acceptors (Lipinski definition) is 5. The SMILES string of the molecule is CCCCCN(C(=O)CCCCCCCc1ccccc1)[C@@H]1CC[C@H]2[C@H]3Cc4c(O)cc(OC)c5c4[C@@]2(CCN3CC2CC2)[C@H]1O5. The second-order valence-corrected chi connectivity index (χ2v) is 15.1. The number of amides is 1. The number of phenols is 1. The van der Waals surface area contributed by atoms with Crippen molar-refractivity contribution < 1.29 is 19.4 Å². The number of carbonyl (C=O) groups excluding carboxylic acids is 1. The van der Waals surface area contributed by atoms with E-state index < -0.39 is 0 Å². The topological polar surface area (TPSA) is 62.2 Å². The summed E-state index contributed by atoms with van der Waals surface area (Å²) >= 11 is 0. The van der Waals surface area contributed by atoms with E-state index in [1.54, 1.807) is 13.2 Å². The fourth-order valence-electron chi connectivity index (χ4n) is 9.91. The molecule has 3 fully saturated rings. The fraction of sp³-hybridized carbons (Fsp3) is 0.675. The first-order valence-corrected chi connectivity index (χ1v) is 18.7. The lowest BCUT2D eigenvalue weighted by molar-refractivity contribution is -0.143. The maximum absolute atomic E-state index is 14.2. The number of aromatic hydroxyl groups is 1. The van der Waals surface area contributed by atoms with E-state index in [1.165, 1.54) is 49.8 Å². The lowest BCUT2D eigenvalue weighted by Gasteiger charge is -2.60. The number of unbranched alkanes of at least 4 members (excludes halogenated alkanes) is 6. The van der Waals surface area contributed by atoms with Crippen LogP contribution in [0.1, 0.15) is 114 Å². The van der Waals surface area contributed by atoms with Crippen LogP contribution in [-0.2, 0) is 23.1 Å². The molecule has 3 aliphatic carbocycles. The Hall–Kier alpha value is -2.73. The van der Waals surface area contributed by atoms with E-state index in [9.17, 15) is 9.90 Å². The van der Waals surface area contributed by atoms with Crippen molar-refractivity contribution in [3.8, 4) is 17.2 Å². The highest BCUT2D eigenvalue weighted by Gasteiger charge is 2.67. The van der Waals surface area contributed by atoms with Crippen LogP contribution >= 0.6 is 0 Å². The van der Waals surface area contributed by atoms with Gasteiger partial charge in [-0.15, -0.1) is 0 Å². The van der Waals surface area contributed by atoms with Gasteiger partial charge in [0.25, 0.3) is 0 Å². The van der Waals surface area contributed by atoms with Crippen molar-refractivity contribution in [3.05, 3.63) is 53.1 Å². The smallest absolute Gasteiger partial charge is 0.222 e. The molecule has 6 heteroatoms. The molecule has 2 aromatic rings. The molecule has 0 aromatic heterocycles. The summed E-state index contributed by atoms with van der Waals surface area (Å²) in [6, 6.07) is 13.0. The lowest BCUT2D eigenvalue weighted by Crippen LogP contribution is -2.69. The second kappa shape index (κ2) is 13.8. The molecule has 7 rings (SSSR count). The summed E-state index contributed by atoms with van der Waals surface area (Å²) in [5, 5.41) is 11.4. The largest absolute Gasteiger partial charge is 0.508 e. The Morgan fingerprint density at radius 1 is 1.04 bits per heavy atom. The maximum atomic E-state index is 14.2. The molecule has 5 atom stereocenters. The summed E-state index contributed by atoms with van der Waals surface area (Å²) in [5.74, 6) is 3.50. The van der Waals surface area contributed by atoms with Gasteiger partial charge in [0.15, 0.2) is 11.5 Å². The lowest BCUT2D eigenvalue weighted by atomic mass is 9.50. The summed E-state index contributed by atoms with van der Waals surface area (Å²) < 4.78 is 12.9. The van der Waals surface area contributed by atoms with E-state index in [-0.39, 0.29) is 17.6 Å². The minimum Gasteiger partial charge on any atom is -0.508 e. The maximum Gasteiger partial charge on any atom is 0.222 e. The molecule has 2 saturated carbocycles. The van der Waals surface area contributed by atoms with E-state index in [0.29, 0.717) is 35.8 Å². The zero-order chi connectivity index (χ0) is 31.7. The highest BCUT2D eigenvalue weighted by molar-refractivity contribution is 5.77. The van der Waals surface area contributed by atoms with Crippen LogP contribution < -0.4 is 9.47 Å². The van der Waals surface area contributed by atoms with E-state index in [2.05, 4.69) is 47.1 Å². The third kappa shape index (κ3) is 5.93. The van der Waals surface area contributed by atoms with Crippen molar-refractivity contribution in [1.82, 2.24) is 9.80 Å². The zero-order valence-electron chi connectivity index (χ0n) is 28.4. The monoisotopic (exact) mass is 628 g/mol. The van der Waals surface area contributed by atoms with Gasteiger partial charge in [-0.05, 0) is 88.2 Å². The normalized spacial score (nSPS) is 27.6. The molecule has 5 aliphatic rings. The van der Waals surface area contributed by atoms with Crippen LogP contribution in [0.4, 0.5) is 0 Å². The minimum atomic E-state index is -0.162. The minimum absolute atomic E-state index is 0.0623. The average molecular weight is 629 g/mol. The average Bonchev–Trinajstić information content (AvgIpc) is 3.83. The summed E-state index contributed by atoms with van der Waals surface area (Å²) in [6.07, 6.45) is 17.5. The molecule has 1 amide bonds. The third-order valence-corrected chi connectivity index (χ3v) is 12.3. The molecule has 1 N–H and O–H groups in total. The fourth-order valence-corrected chi connectivity index (χ4v) is 9.91. The molecule has 0 radical (unpaired) electrons. The summed E-state index contributed by atoms with van der Waals surface area (Å²) in [7, 11) is 1.68. The third-order valence-electron chi connectivity index (χ3n) is 12.3. The molecule has 2 aliphatic heterocycles. The number of carbonyl (C=O) groups is 1. The molecular formula is C40H56N2O4. The van der Waals surface area contributed by atoms with Crippen LogP contribution in [-0.4, -0.2) is 65.7 Å². The summed E-state index contributed by atoms with van der Waals surface area (Å²) in [5.41, 5.74) is 3.56. The van der Waals surface area contributed by atoms with Gasteiger partial charge in [-0.25, -0.2) is 0 Å². The van der Waals surface area contributed by atoms with Crippen molar-refractivity contribution in [2.24, 2.45) is 11.8 Å². The van der Waals surface area contributed by atoms with Gasteiger partial charge in [0.1, 0.15) is 11.9 Å². The molecule has 2 aromatic carbocycles. The molecule has 2 bridgehead atoms. The number of piperidine rings is 1. The van der Waals surface area contributed by atoms with Gasteiger partial charge in [0.2, 0.25) is 5.91 Å². The van der Waals surface area contributed by atoms with Crippen LogP contribution in [0.3, 0.4) is 0 Å². The van der Waals surface area contributed by atoms with E-state index in [4.69, 9.17) is 9.47 Å². The van der Waals surface area contributed by atoms with Crippen LogP contribution in [0, 0.1) is 11.8 Å². The highest BCUT2D eigenvalue weighted by atomic mass is 16.5. The van der Waals surface area contributed by atoms with Crippen LogP contribution in [0.2, 0.25) is 0 Å².